The van der Waals surface area contributed by atoms with Crippen LogP contribution >= 0.6 is 0 Å². The van der Waals surface area contributed by atoms with Crippen LogP contribution in [0.15, 0.2) is 30.3 Å². The summed E-state index contributed by atoms with van der Waals surface area (Å²) in [5.41, 5.74) is 0. The molecule has 0 spiro atoms. The molecule has 1 fully saturated rings. The van der Waals surface area contributed by atoms with Crippen LogP contribution in [0.3, 0.4) is 0 Å². The van der Waals surface area contributed by atoms with Crippen LogP contribution in [0.2, 0.25) is 0 Å². The van der Waals surface area contributed by atoms with Crippen LogP contribution in [-0.2, 0) is 19.1 Å². The molecular weight excluding hydrogens is 326 g/mol. The average Bonchev–Trinajstić information content (AvgIpc) is 2.54. The lowest BCUT2D eigenvalue weighted by Crippen LogP contribution is -2.54. The van der Waals surface area contributed by atoms with Crippen LogP contribution in [0.4, 0.5) is 4.79 Å². The van der Waals surface area contributed by atoms with Gasteiger partial charge in [-0.25, -0.2) is 9.59 Å². The maximum absolute atomic E-state index is 12.6. The van der Waals surface area contributed by atoms with E-state index >= 15 is 0 Å². The van der Waals surface area contributed by atoms with Crippen molar-refractivity contribution in [1.82, 2.24) is 4.90 Å². The Balaban J connectivity index is 2.13. The van der Waals surface area contributed by atoms with Crippen molar-refractivity contribution >= 4 is 18.0 Å². The van der Waals surface area contributed by atoms with E-state index in [9.17, 15) is 14.4 Å². The minimum Gasteiger partial charge on any atom is -0.461 e. The summed E-state index contributed by atoms with van der Waals surface area (Å²) in [6.07, 6.45) is -0.608. The molecule has 0 aromatic heterocycles. The lowest BCUT2D eigenvalue weighted by molar-refractivity contribution is -0.158. The van der Waals surface area contributed by atoms with E-state index in [0.29, 0.717) is 18.6 Å². The van der Waals surface area contributed by atoms with Gasteiger partial charge in [-0.05, 0) is 38.8 Å². The Hall–Kier alpha value is -2.57. The highest BCUT2D eigenvalue weighted by Crippen LogP contribution is 2.23. The molecule has 0 N–H and O–H groups in total. The second kappa shape index (κ2) is 8.50. The van der Waals surface area contributed by atoms with Gasteiger partial charge in [-0.15, -0.1) is 0 Å². The molecule has 0 unspecified atom stereocenters. The van der Waals surface area contributed by atoms with Crippen LogP contribution in [0.5, 0.6) is 5.75 Å². The van der Waals surface area contributed by atoms with E-state index in [1.807, 2.05) is 0 Å². The summed E-state index contributed by atoms with van der Waals surface area (Å²) < 4.78 is 15.8. The minimum atomic E-state index is -0.759. The first-order valence-electron chi connectivity index (χ1n) is 8.28. The molecule has 1 heterocycles. The van der Waals surface area contributed by atoms with Gasteiger partial charge < -0.3 is 14.2 Å². The van der Waals surface area contributed by atoms with Gasteiger partial charge in [0, 0.05) is 6.92 Å². The monoisotopic (exact) mass is 349 g/mol. The zero-order valence-corrected chi connectivity index (χ0v) is 14.6. The summed E-state index contributed by atoms with van der Waals surface area (Å²) >= 11 is 0. The fraction of sp³-hybridized carbons (Fsp3) is 0.500. The number of hydrogen-bond acceptors (Lipinski definition) is 6. The zero-order chi connectivity index (χ0) is 18.4. The number of hydrogen-bond donors (Lipinski definition) is 0. The van der Waals surface area contributed by atoms with Crippen LogP contribution in [0, 0.1) is 0 Å². The van der Waals surface area contributed by atoms with Crippen LogP contribution in [0.1, 0.15) is 33.6 Å². The molecule has 2 atom stereocenters. The molecule has 0 radical (unpaired) electrons. The number of para-hydroxylation sites is 1. The Bertz CT molecular complexity index is 615. The highest BCUT2D eigenvalue weighted by molar-refractivity contribution is 5.82. The third-order valence-corrected chi connectivity index (χ3v) is 3.68. The van der Waals surface area contributed by atoms with Crippen molar-refractivity contribution in [2.45, 2.75) is 51.9 Å². The molecule has 7 nitrogen and oxygen atoms in total. The van der Waals surface area contributed by atoms with Gasteiger partial charge in [-0.3, -0.25) is 9.69 Å². The number of nitrogens with zero attached hydrogens (tertiary/aromatic N) is 1. The molecule has 1 aliphatic heterocycles. The second-order valence-corrected chi connectivity index (χ2v) is 6.14. The van der Waals surface area contributed by atoms with Gasteiger partial charge in [-0.1, -0.05) is 18.2 Å². The van der Waals surface area contributed by atoms with Crippen molar-refractivity contribution in [3.63, 3.8) is 0 Å². The van der Waals surface area contributed by atoms with Gasteiger partial charge in [0.15, 0.2) is 0 Å². The highest BCUT2D eigenvalue weighted by atomic mass is 16.6. The Morgan fingerprint density at radius 1 is 1.12 bits per heavy atom. The van der Waals surface area contributed by atoms with Crippen LogP contribution in [0.25, 0.3) is 0 Å². The molecule has 1 aliphatic rings. The van der Waals surface area contributed by atoms with Crippen molar-refractivity contribution in [2.24, 2.45) is 0 Å². The molecule has 136 valence electrons. The first kappa shape index (κ1) is 18.8. The summed E-state index contributed by atoms with van der Waals surface area (Å²) in [6.45, 7) is 4.89. The average molecular weight is 349 g/mol. The zero-order valence-electron chi connectivity index (χ0n) is 14.6. The van der Waals surface area contributed by atoms with Crippen LogP contribution in [-0.4, -0.2) is 47.7 Å². The topological polar surface area (TPSA) is 82.1 Å². The van der Waals surface area contributed by atoms with E-state index < -0.39 is 30.2 Å². The van der Waals surface area contributed by atoms with Gasteiger partial charge >= 0.3 is 18.0 Å². The summed E-state index contributed by atoms with van der Waals surface area (Å²) in [4.78, 5) is 37.3. The van der Waals surface area contributed by atoms with Gasteiger partial charge in [0.05, 0.1) is 12.6 Å². The lowest BCUT2D eigenvalue weighted by Gasteiger charge is -2.37. The van der Waals surface area contributed by atoms with E-state index in [1.54, 1.807) is 44.2 Å². The SMILES string of the molecule is CC(=O)O[C@@H]1CC[C@@H](C(=O)OC(C)C)N(C(=O)Oc2ccccc2)C1. The first-order valence-corrected chi connectivity index (χ1v) is 8.28. The number of likely N-dealkylation sites (tertiary alicyclic amines) is 1. The van der Waals surface area contributed by atoms with E-state index in [2.05, 4.69) is 0 Å². The quantitative estimate of drug-likeness (QED) is 0.777. The fourth-order valence-electron chi connectivity index (χ4n) is 2.67. The predicted molar refractivity (Wildman–Crippen MR) is 89.0 cm³/mol. The van der Waals surface area contributed by atoms with Crippen molar-refractivity contribution in [2.75, 3.05) is 6.54 Å². The number of esters is 2. The summed E-state index contributed by atoms with van der Waals surface area (Å²) in [7, 11) is 0. The first-order chi connectivity index (χ1) is 11.9. The maximum Gasteiger partial charge on any atom is 0.416 e. The number of amides is 1. The Kier molecular flexibility index (Phi) is 6.38. The van der Waals surface area contributed by atoms with Gasteiger partial charge in [-0.2, -0.15) is 0 Å². The molecular formula is C18H23NO6. The largest absolute Gasteiger partial charge is 0.461 e. The van der Waals surface area contributed by atoms with Crippen molar-refractivity contribution in [3.8, 4) is 5.75 Å². The predicted octanol–water partition coefficient (Wildman–Crippen LogP) is 2.53. The third-order valence-electron chi connectivity index (χ3n) is 3.68. The molecule has 1 aromatic carbocycles. The standard InChI is InChI=1S/C18H23NO6/c1-12(2)23-17(21)16-10-9-15(24-13(3)20)11-19(16)18(22)25-14-7-5-4-6-8-14/h4-8,12,15-16H,9-11H2,1-3H3/t15-,16+/m1/s1. The molecule has 25 heavy (non-hydrogen) atoms. The molecule has 1 amide bonds. The lowest BCUT2D eigenvalue weighted by atomic mass is 10.0. The van der Waals surface area contributed by atoms with E-state index in [1.165, 1.54) is 11.8 Å². The summed E-state index contributed by atoms with van der Waals surface area (Å²) in [5.74, 6) is -0.538. The van der Waals surface area contributed by atoms with Gasteiger partial charge in [0.25, 0.3) is 0 Å². The fourth-order valence-corrected chi connectivity index (χ4v) is 2.67. The Morgan fingerprint density at radius 3 is 2.40 bits per heavy atom. The van der Waals surface area contributed by atoms with Crippen LogP contribution < -0.4 is 4.74 Å². The molecule has 7 heteroatoms. The number of piperidine rings is 1. The van der Waals surface area contributed by atoms with Crippen molar-refractivity contribution in [3.05, 3.63) is 30.3 Å². The summed E-state index contributed by atoms with van der Waals surface area (Å²) in [6, 6.07) is 7.82. The Labute approximate surface area is 146 Å². The normalized spacial score (nSPS) is 20.1. The third kappa shape index (κ3) is 5.48. The smallest absolute Gasteiger partial charge is 0.416 e. The molecule has 2 rings (SSSR count). The van der Waals surface area contributed by atoms with Gasteiger partial charge in [0.1, 0.15) is 17.9 Å². The number of benzene rings is 1. The molecule has 1 saturated heterocycles. The number of carbonyl (C=O) groups excluding carboxylic acids is 3. The van der Waals surface area contributed by atoms with Crippen molar-refractivity contribution in [1.29, 1.82) is 0 Å². The maximum atomic E-state index is 12.6. The number of carbonyl (C=O) groups is 3. The second-order valence-electron chi connectivity index (χ2n) is 6.14. The molecule has 0 aliphatic carbocycles. The van der Waals surface area contributed by atoms with E-state index in [0.717, 1.165) is 0 Å². The molecule has 0 saturated carbocycles. The molecule has 0 bridgehead atoms. The number of rotatable bonds is 4. The Morgan fingerprint density at radius 2 is 1.80 bits per heavy atom. The van der Waals surface area contributed by atoms with E-state index in [4.69, 9.17) is 14.2 Å². The number of ether oxygens (including phenoxy) is 3. The van der Waals surface area contributed by atoms with Crippen molar-refractivity contribution < 1.29 is 28.6 Å². The van der Waals surface area contributed by atoms with Gasteiger partial charge in [0.2, 0.25) is 0 Å². The highest BCUT2D eigenvalue weighted by Gasteiger charge is 2.39. The molecule has 1 aromatic rings. The minimum absolute atomic E-state index is 0.0864. The van der Waals surface area contributed by atoms with E-state index in [-0.39, 0.29) is 12.6 Å². The summed E-state index contributed by atoms with van der Waals surface area (Å²) in [5, 5.41) is 0.